The molecule has 1 atom stereocenters. The van der Waals surface area contributed by atoms with E-state index in [0.717, 1.165) is 21.5 Å². The number of thiophene rings is 1. The van der Waals surface area contributed by atoms with Crippen molar-refractivity contribution in [2.45, 2.75) is 26.8 Å². The van der Waals surface area contributed by atoms with Crippen LogP contribution in [0.5, 0.6) is 0 Å². The van der Waals surface area contributed by atoms with Crippen LogP contribution in [0.4, 0.5) is 5.82 Å². The number of hydrogen-bond acceptors (Lipinski definition) is 4. The molecule has 2 aromatic heterocycles. The Morgan fingerprint density at radius 1 is 1.29 bits per heavy atom. The fraction of sp³-hybridized carbons (Fsp3) is 0.333. The summed E-state index contributed by atoms with van der Waals surface area (Å²) in [5, 5.41) is 3.32. The molecule has 0 bridgehead atoms. The molecule has 0 saturated carbocycles. The predicted octanol–water partition coefficient (Wildman–Crippen LogP) is 3.98. The summed E-state index contributed by atoms with van der Waals surface area (Å²) in [6, 6.07) is 4.12. The van der Waals surface area contributed by atoms with Crippen LogP contribution in [0.25, 0.3) is 0 Å². The maximum Gasteiger partial charge on any atom is 0.145 e. The normalized spacial score (nSPS) is 12.5. The van der Waals surface area contributed by atoms with Gasteiger partial charge in [0.2, 0.25) is 0 Å². The van der Waals surface area contributed by atoms with Crippen LogP contribution >= 0.6 is 22.9 Å². The Morgan fingerprint density at radius 2 is 2.06 bits per heavy atom. The van der Waals surface area contributed by atoms with Gasteiger partial charge in [0, 0.05) is 4.88 Å². The number of anilines is 1. The molecule has 5 heteroatoms. The lowest BCUT2D eigenvalue weighted by molar-refractivity contribution is 0.884. The monoisotopic (exact) mass is 267 g/mol. The molecule has 0 aliphatic rings. The summed E-state index contributed by atoms with van der Waals surface area (Å²) in [6.07, 6.45) is 1.76. The Morgan fingerprint density at radius 3 is 2.65 bits per heavy atom. The molecule has 0 amide bonds. The van der Waals surface area contributed by atoms with Gasteiger partial charge in [-0.2, -0.15) is 0 Å². The molecule has 0 aliphatic carbocycles. The Kier molecular flexibility index (Phi) is 3.64. The largest absolute Gasteiger partial charge is 0.361 e. The topological polar surface area (TPSA) is 37.8 Å². The van der Waals surface area contributed by atoms with Crippen molar-refractivity contribution in [1.29, 1.82) is 0 Å². The van der Waals surface area contributed by atoms with Crippen LogP contribution in [-0.4, -0.2) is 9.97 Å². The molecular formula is C12H14ClN3S. The molecule has 0 radical (unpaired) electrons. The number of hydrogen-bond donors (Lipinski definition) is 1. The highest BCUT2D eigenvalue weighted by Gasteiger charge is 2.09. The fourth-order valence-corrected chi connectivity index (χ4v) is 2.53. The van der Waals surface area contributed by atoms with Crippen LogP contribution < -0.4 is 5.32 Å². The molecule has 90 valence electrons. The number of aromatic nitrogens is 2. The number of nitrogens with one attached hydrogen (secondary N) is 1. The second kappa shape index (κ2) is 5.02. The van der Waals surface area contributed by atoms with Crippen molar-refractivity contribution in [2.24, 2.45) is 0 Å². The van der Waals surface area contributed by atoms with Gasteiger partial charge in [-0.1, -0.05) is 11.6 Å². The van der Waals surface area contributed by atoms with Crippen molar-refractivity contribution < 1.29 is 0 Å². The Hall–Kier alpha value is -1.13. The van der Waals surface area contributed by atoms with E-state index in [4.69, 9.17) is 11.6 Å². The van der Waals surface area contributed by atoms with Crippen molar-refractivity contribution in [1.82, 2.24) is 9.97 Å². The van der Waals surface area contributed by atoms with Crippen LogP contribution in [0.2, 0.25) is 4.34 Å². The van der Waals surface area contributed by atoms with Crippen molar-refractivity contribution >= 4 is 28.8 Å². The second-order valence-electron chi connectivity index (χ2n) is 3.93. The van der Waals surface area contributed by atoms with Gasteiger partial charge < -0.3 is 5.32 Å². The zero-order valence-electron chi connectivity index (χ0n) is 9.99. The summed E-state index contributed by atoms with van der Waals surface area (Å²) >= 11 is 7.49. The third-order valence-corrected chi connectivity index (χ3v) is 3.99. The van der Waals surface area contributed by atoms with Gasteiger partial charge in [-0.3, -0.25) is 4.98 Å². The number of aryl methyl sites for hydroxylation is 2. The number of nitrogens with zero attached hydrogens (tertiary/aromatic N) is 2. The molecular weight excluding hydrogens is 254 g/mol. The predicted molar refractivity (Wildman–Crippen MR) is 72.9 cm³/mol. The van der Waals surface area contributed by atoms with Crippen LogP contribution in [0.3, 0.4) is 0 Å². The summed E-state index contributed by atoms with van der Waals surface area (Å²) < 4.78 is 0.805. The highest BCUT2D eigenvalue weighted by Crippen LogP contribution is 2.28. The molecule has 0 saturated heterocycles. The van der Waals surface area contributed by atoms with E-state index in [9.17, 15) is 0 Å². The van der Waals surface area contributed by atoms with E-state index in [2.05, 4.69) is 22.2 Å². The van der Waals surface area contributed by atoms with E-state index in [1.54, 1.807) is 17.5 Å². The minimum absolute atomic E-state index is 0.184. The van der Waals surface area contributed by atoms with Gasteiger partial charge in [-0.15, -0.1) is 11.3 Å². The highest BCUT2D eigenvalue weighted by atomic mass is 35.5. The summed E-state index contributed by atoms with van der Waals surface area (Å²) in [4.78, 5) is 9.92. The minimum atomic E-state index is 0.184. The minimum Gasteiger partial charge on any atom is -0.361 e. The molecule has 3 nitrogen and oxygen atoms in total. The lowest BCUT2D eigenvalue weighted by atomic mass is 10.3. The van der Waals surface area contributed by atoms with Crippen molar-refractivity contribution in [3.05, 3.63) is 38.9 Å². The molecule has 2 heterocycles. The van der Waals surface area contributed by atoms with Crippen LogP contribution in [0.1, 0.15) is 29.2 Å². The standard InChI is InChI=1S/C12H14ClN3S/c1-7-8(2)15-12(6-14-7)16-9(3)10-4-5-11(13)17-10/h4-6,9H,1-3H3,(H,15,16). The highest BCUT2D eigenvalue weighted by molar-refractivity contribution is 7.16. The molecule has 0 spiro atoms. The Labute approximate surface area is 110 Å². The first-order valence-electron chi connectivity index (χ1n) is 5.38. The van der Waals surface area contributed by atoms with E-state index < -0.39 is 0 Å². The third-order valence-electron chi connectivity index (χ3n) is 2.58. The van der Waals surface area contributed by atoms with Crippen LogP contribution in [-0.2, 0) is 0 Å². The Bertz CT molecular complexity index is 524. The van der Waals surface area contributed by atoms with E-state index in [1.165, 1.54) is 4.88 Å². The third kappa shape index (κ3) is 2.96. The zero-order valence-corrected chi connectivity index (χ0v) is 11.6. The lowest BCUT2D eigenvalue weighted by Crippen LogP contribution is -2.07. The lowest BCUT2D eigenvalue weighted by Gasteiger charge is -2.13. The first-order chi connectivity index (χ1) is 8.06. The summed E-state index contributed by atoms with van der Waals surface area (Å²) in [5.41, 5.74) is 1.91. The van der Waals surface area contributed by atoms with Crippen molar-refractivity contribution in [2.75, 3.05) is 5.32 Å². The first kappa shape index (κ1) is 12.3. The van der Waals surface area contributed by atoms with Crippen LogP contribution in [0, 0.1) is 13.8 Å². The summed E-state index contributed by atoms with van der Waals surface area (Å²) in [6.45, 7) is 5.99. The summed E-state index contributed by atoms with van der Waals surface area (Å²) in [5.74, 6) is 0.796. The maximum absolute atomic E-state index is 5.92. The first-order valence-corrected chi connectivity index (χ1v) is 6.57. The molecule has 2 rings (SSSR count). The number of halogens is 1. The molecule has 0 aliphatic heterocycles. The van der Waals surface area contributed by atoms with Gasteiger partial charge in [0.1, 0.15) is 5.82 Å². The van der Waals surface area contributed by atoms with Crippen LogP contribution in [0.15, 0.2) is 18.3 Å². The quantitative estimate of drug-likeness (QED) is 0.914. The van der Waals surface area contributed by atoms with Gasteiger partial charge in [0.15, 0.2) is 0 Å². The zero-order chi connectivity index (χ0) is 12.4. The van der Waals surface area contributed by atoms with Gasteiger partial charge in [-0.05, 0) is 32.9 Å². The SMILES string of the molecule is Cc1ncc(NC(C)c2ccc(Cl)s2)nc1C. The molecule has 1 N–H and O–H groups in total. The molecule has 0 aromatic carbocycles. The maximum atomic E-state index is 5.92. The van der Waals surface area contributed by atoms with E-state index >= 15 is 0 Å². The molecule has 2 aromatic rings. The second-order valence-corrected chi connectivity index (χ2v) is 5.68. The number of rotatable bonds is 3. The fourth-order valence-electron chi connectivity index (χ4n) is 1.47. The average Bonchev–Trinajstić information content (AvgIpc) is 2.70. The van der Waals surface area contributed by atoms with Gasteiger partial charge in [-0.25, -0.2) is 4.98 Å². The molecule has 17 heavy (non-hydrogen) atoms. The van der Waals surface area contributed by atoms with Gasteiger partial charge >= 0.3 is 0 Å². The Balaban J connectivity index is 2.12. The summed E-state index contributed by atoms with van der Waals surface area (Å²) in [7, 11) is 0. The van der Waals surface area contributed by atoms with Gasteiger partial charge in [0.05, 0.1) is 28.0 Å². The molecule has 1 unspecified atom stereocenters. The van der Waals surface area contributed by atoms with Crippen molar-refractivity contribution in [3.8, 4) is 0 Å². The molecule has 0 fully saturated rings. The van der Waals surface area contributed by atoms with E-state index in [0.29, 0.717) is 0 Å². The van der Waals surface area contributed by atoms with E-state index in [-0.39, 0.29) is 6.04 Å². The van der Waals surface area contributed by atoms with Gasteiger partial charge in [0.25, 0.3) is 0 Å². The smallest absolute Gasteiger partial charge is 0.145 e. The van der Waals surface area contributed by atoms with E-state index in [1.807, 2.05) is 26.0 Å². The van der Waals surface area contributed by atoms with Crippen molar-refractivity contribution in [3.63, 3.8) is 0 Å². The average molecular weight is 268 g/mol.